The first-order valence-corrected chi connectivity index (χ1v) is 6.75. The average Bonchev–Trinajstić information content (AvgIpc) is 2.28. The molecule has 0 saturated heterocycles. The maximum Gasteiger partial charge on any atom is 0.126 e. The van der Waals surface area contributed by atoms with E-state index in [1.807, 2.05) is 21.0 Å². The van der Waals surface area contributed by atoms with Crippen LogP contribution < -0.4 is 0 Å². The maximum atomic E-state index is 13.0. The van der Waals surface area contributed by atoms with Crippen LogP contribution in [-0.4, -0.2) is 48.1 Å². The van der Waals surface area contributed by atoms with Crippen LogP contribution in [-0.2, 0) is 0 Å². The van der Waals surface area contributed by atoms with Gasteiger partial charge in [-0.3, -0.25) is 4.90 Å². The van der Waals surface area contributed by atoms with Crippen molar-refractivity contribution in [3.8, 4) is 5.75 Å². The molecule has 0 radical (unpaired) electrons. The Labute approximate surface area is 115 Å². The molecule has 1 aromatic carbocycles. The van der Waals surface area contributed by atoms with E-state index in [1.165, 1.54) is 12.1 Å². The molecule has 0 heterocycles. The third-order valence-corrected chi connectivity index (χ3v) is 3.50. The van der Waals surface area contributed by atoms with Crippen molar-refractivity contribution in [2.75, 3.05) is 27.2 Å². The van der Waals surface area contributed by atoms with Crippen molar-refractivity contribution in [2.24, 2.45) is 0 Å². The van der Waals surface area contributed by atoms with Crippen molar-refractivity contribution in [1.82, 2.24) is 9.80 Å². The van der Waals surface area contributed by atoms with Crippen molar-refractivity contribution in [3.63, 3.8) is 0 Å². The van der Waals surface area contributed by atoms with Gasteiger partial charge in [0.05, 0.1) is 0 Å². The lowest BCUT2D eigenvalue weighted by Gasteiger charge is -2.35. The van der Waals surface area contributed by atoms with Gasteiger partial charge >= 0.3 is 0 Å². The Morgan fingerprint density at radius 3 is 2.37 bits per heavy atom. The minimum Gasteiger partial charge on any atom is -0.508 e. The van der Waals surface area contributed by atoms with Gasteiger partial charge in [-0.15, -0.1) is 0 Å². The van der Waals surface area contributed by atoms with Gasteiger partial charge in [-0.2, -0.15) is 0 Å². The van der Waals surface area contributed by atoms with Crippen LogP contribution in [0.15, 0.2) is 18.2 Å². The summed E-state index contributed by atoms with van der Waals surface area (Å²) in [6.45, 7) is 8.14. The fourth-order valence-corrected chi connectivity index (χ4v) is 2.65. The van der Waals surface area contributed by atoms with E-state index in [0.717, 1.165) is 18.7 Å². The van der Waals surface area contributed by atoms with Gasteiger partial charge in [0, 0.05) is 30.3 Å². The predicted octanol–water partition coefficient (Wildman–Crippen LogP) is 2.86. The third-order valence-electron chi connectivity index (χ3n) is 3.50. The first-order valence-electron chi connectivity index (χ1n) is 6.75. The highest BCUT2D eigenvalue weighted by atomic mass is 19.1. The molecule has 1 N–H and O–H groups in total. The van der Waals surface area contributed by atoms with Crippen LogP contribution in [0.5, 0.6) is 5.75 Å². The Bertz CT molecular complexity index is 409. The van der Waals surface area contributed by atoms with Crippen molar-refractivity contribution >= 4 is 0 Å². The van der Waals surface area contributed by atoms with E-state index in [9.17, 15) is 9.50 Å². The fraction of sp³-hybridized carbons (Fsp3) is 0.600. The molecule has 108 valence electrons. The minimum absolute atomic E-state index is 0.0306. The standard InChI is InChI=1S/C15H25FN2O/c1-6-18(11(2)10-17(4)5)12(3)14-8-7-13(16)9-15(14)19/h7-9,11-12,19H,6,10H2,1-5H3. The molecule has 0 aliphatic heterocycles. The highest BCUT2D eigenvalue weighted by Crippen LogP contribution is 2.30. The molecule has 0 aliphatic carbocycles. The molecule has 1 rings (SSSR count). The monoisotopic (exact) mass is 268 g/mol. The summed E-state index contributed by atoms with van der Waals surface area (Å²) in [5.41, 5.74) is 0.772. The van der Waals surface area contributed by atoms with Gasteiger partial charge in [0.15, 0.2) is 0 Å². The molecule has 2 unspecified atom stereocenters. The Morgan fingerprint density at radius 2 is 1.89 bits per heavy atom. The number of phenols is 1. The van der Waals surface area contributed by atoms with Crippen molar-refractivity contribution in [2.45, 2.75) is 32.9 Å². The van der Waals surface area contributed by atoms with Crippen LogP contribution in [0, 0.1) is 5.82 Å². The third kappa shape index (κ3) is 4.18. The van der Waals surface area contributed by atoms with Crippen LogP contribution in [0.1, 0.15) is 32.4 Å². The van der Waals surface area contributed by atoms with E-state index < -0.39 is 5.82 Å². The second-order valence-electron chi connectivity index (χ2n) is 5.32. The normalized spacial score (nSPS) is 14.9. The van der Waals surface area contributed by atoms with Crippen LogP contribution in [0.25, 0.3) is 0 Å². The van der Waals surface area contributed by atoms with Crippen LogP contribution in [0.4, 0.5) is 4.39 Å². The summed E-state index contributed by atoms with van der Waals surface area (Å²) in [7, 11) is 4.09. The van der Waals surface area contributed by atoms with E-state index >= 15 is 0 Å². The molecule has 0 aliphatic rings. The smallest absolute Gasteiger partial charge is 0.126 e. The minimum atomic E-state index is -0.405. The first-order chi connectivity index (χ1) is 8.86. The van der Waals surface area contributed by atoms with E-state index in [0.29, 0.717) is 6.04 Å². The second-order valence-corrected chi connectivity index (χ2v) is 5.32. The number of rotatable bonds is 6. The summed E-state index contributed by atoms with van der Waals surface area (Å²) in [4.78, 5) is 4.44. The highest BCUT2D eigenvalue weighted by molar-refractivity contribution is 5.35. The topological polar surface area (TPSA) is 26.7 Å². The molecule has 0 amide bonds. The van der Waals surface area contributed by atoms with Crippen LogP contribution in [0.2, 0.25) is 0 Å². The Balaban J connectivity index is 2.91. The van der Waals surface area contributed by atoms with Crippen molar-refractivity contribution < 1.29 is 9.50 Å². The van der Waals surface area contributed by atoms with Gasteiger partial charge in [-0.05, 0) is 40.6 Å². The largest absolute Gasteiger partial charge is 0.508 e. The zero-order valence-electron chi connectivity index (χ0n) is 12.5. The SMILES string of the molecule is CCN(C(C)CN(C)C)C(C)c1ccc(F)cc1O. The van der Waals surface area contributed by atoms with Gasteiger partial charge in [0.25, 0.3) is 0 Å². The molecular formula is C15H25FN2O. The lowest BCUT2D eigenvalue weighted by molar-refractivity contribution is 0.135. The van der Waals surface area contributed by atoms with Gasteiger partial charge < -0.3 is 10.0 Å². The number of phenolic OH excluding ortho intramolecular Hbond substituents is 1. The number of benzene rings is 1. The van der Waals surface area contributed by atoms with Gasteiger partial charge in [-0.1, -0.05) is 13.0 Å². The van der Waals surface area contributed by atoms with Crippen LogP contribution in [0.3, 0.4) is 0 Å². The van der Waals surface area contributed by atoms with E-state index in [-0.39, 0.29) is 11.8 Å². The molecular weight excluding hydrogens is 243 g/mol. The van der Waals surface area contributed by atoms with Crippen molar-refractivity contribution in [3.05, 3.63) is 29.6 Å². The molecule has 19 heavy (non-hydrogen) atoms. The van der Waals surface area contributed by atoms with E-state index in [1.54, 1.807) is 6.07 Å². The molecule has 0 fully saturated rings. The summed E-state index contributed by atoms with van der Waals surface area (Å²) in [5, 5.41) is 9.89. The lowest BCUT2D eigenvalue weighted by atomic mass is 10.0. The Kier molecular flexibility index (Phi) is 5.76. The number of nitrogens with zero attached hydrogens (tertiary/aromatic N) is 2. The van der Waals surface area contributed by atoms with E-state index in [2.05, 4.69) is 23.6 Å². The van der Waals surface area contributed by atoms with Gasteiger partial charge in [0.1, 0.15) is 11.6 Å². The molecule has 1 aromatic rings. The Hall–Kier alpha value is -1.13. The van der Waals surface area contributed by atoms with Gasteiger partial charge in [-0.25, -0.2) is 4.39 Å². The average molecular weight is 268 g/mol. The summed E-state index contributed by atoms with van der Waals surface area (Å²) in [6.07, 6.45) is 0. The first kappa shape index (κ1) is 15.9. The summed E-state index contributed by atoms with van der Waals surface area (Å²) < 4.78 is 13.0. The highest BCUT2D eigenvalue weighted by Gasteiger charge is 2.22. The van der Waals surface area contributed by atoms with Crippen LogP contribution >= 0.6 is 0 Å². The lowest BCUT2D eigenvalue weighted by Crippen LogP contribution is -2.41. The molecule has 0 aromatic heterocycles. The number of likely N-dealkylation sites (N-methyl/N-ethyl adjacent to an activating group) is 2. The summed E-state index contributed by atoms with van der Waals surface area (Å²) >= 11 is 0. The fourth-order valence-electron chi connectivity index (χ4n) is 2.65. The zero-order chi connectivity index (χ0) is 14.6. The van der Waals surface area contributed by atoms with E-state index in [4.69, 9.17) is 0 Å². The van der Waals surface area contributed by atoms with Gasteiger partial charge in [0.2, 0.25) is 0 Å². The molecule has 0 saturated carbocycles. The zero-order valence-corrected chi connectivity index (χ0v) is 12.5. The molecule has 0 bridgehead atoms. The van der Waals surface area contributed by atoms with Crippen molar-refractivity contribution in [1.29, 1.82) is 0 Å². The quantitative estimate of drug-likeness (QED) is 0.859. The number of hydrogen-bond donors (Lipinski definition) is 1. The molecule has 3 nitrogen and oxygen atoms in total. The maximum absolute atomic E-state index is 13.0. The molecule has 4 heteroatoms. The number of halogens is 1. The summed E-state index contributed by atoms with van der Waals surface area (Å²) in [6, 6.07) is 4.66. The number of hydrogen-bond acceptors (Lipinski definition) is 3. The molecule has 0 spiro atoms. The number of aromatic hydroxyl groups is 1. The second kappa shape index (κ2) is 6.87. The summed E-state index contributed by atoms with van der Waals surface area (Å²) in [5.74, 6) is -0.374. The molecule has 2 atom stereocenters. The Morgan fingerprint density at radius 1 is 1.26 bits per heavy atom. The predicted molar refractivity (Wildman–Crippen MR) is 76.9 cm³/mol.